The molecule has 2 rings (SSSR count). The smallest absolute Gasteiger partial charge is 0.119 e. The van der Waals surface area contributed by atoms with Gasteiger partial charge >= 0.3 is 0 Å². The lowest BCUT2D eigenvalue weighted by Crippen LogP contribution is -1.84. The van der Waals surface area contributed by atoms with Crippen molar-refractivity contribution in [3.8, 4) is 17.6 Å². The van der Waals surface area contributed by atoms with Crippen LogP contribution in [0.4, 0.5) is 0 Å². The quantitative estimate of drug-likeness (QED) is 0.653. The second-order valence-electron chi connectivity index (χ2n) is 3.55. The highest BCUT2D eigenvalue weighted by Gasteiger charge is 1.99. The molecule has 0 aliphatic heterocycles. The minimum absolute atomic E-state index is 0.881. The molecule has 0 spiro atoms. The molecule has 2 aromatic rings. The minimum Gasteiger partial charge on any atom is -0.497 e. The van der Waals surface area contributed by atoms with Crippen LogP contribution in [0, 0.1) is 11.8 Å². The second kappa shape index (κ2) is 4.72. The van der Waals surface area contributed by atoms with Gasteiger partial charge in [0.05, 0.1) is 7.11 Å². The Morgan fingerprint density at radius 1 is 1.19 bits per heavy atom. The Morgan fingerprint density at radius 2 is 2.06 bits per heavy atom. The Kier molecular flexibility index (Phi) is 3.12. The standard InChI is InChI=1S/C15H14O/c1-3-4-6-12-7-5-8-13-11-14(16-2)9-10-15(12)13/h5,7-11H,3H2,1-2H3. The number of ether oxygens (including phenoxy) is 1. The topological polar surface area (TPSA) is 9.23 Å². The largest absolute Gasteiger partial charge is 0.497 e. The molecule has 0 saturated carbocycles. The molecule has 0 radical (unpaired) electrons. The molecule has 1 nitrogen and oxygen atoms in total. The molecular formula is C15H14O. The van der Waals surface area contributed by atoms with Crippen LogP contribution in [0.5, 0.6) is 5.75 Å². The monoisotopic (exact) mass is 210 g/mol. The zero-order chi connectivity index (χ0) is 11.4. The van der Waals surface area contributed by atoms with Gasteiger partial charge in [-0.25, -0.2) is 0 Å². The zero-order valence-electron chi connectivity index (χ0n) is 9.58. The summed E-state index contributed by atoms with van der Waals surface area (Å²) in [7, 11) is 1.68. The van der Waals surface area contributed by atoms with Crippen LogP contribution in [0.25, 0.3) is 10.8 Å². The summed E-state index contributed by atoms with van der Waals surface area (Å²) >= 11 is 0. The van der Waals surface area contributed by atoms with Crippen molar-refractivity contribution in [2.45, 2.75) is 13.3 Å². The molecule has 80 valence electrons. The molecule has 2 aromatic carbocycles. The maximum atomic E-state index is 5.21. The third-order valence-corrected chi connectivity index (χ3v) is 2.49. The number of hydrogen-bond acceptors (Lipinski definition) is 1. The molecule has 16 heavy (non-hydrogen) atoms. The Morgan fingerprint density at radius 3 is 2.81 bits per heavy atom. The van der Waals surface area contributed by atoms with Crippen molar-refractivity contribution < 1.29 is 4.74 Å². The van der Waals surface area contributed by atoms with Gasteiger partial charge < -0.3 is 4.74 Å². The van der Waals surface area contributed by atoms with E-state index in [0.29, 0.717) is 0 Å². The lowest BCUT2D eigenvalue weighted by molar-refractivity contribution is 0.415. The highest BCUT2D eigenvalue weighted by molar-refractivity contribution is 5.89. The number of benzene rings is 2. The fourth-order valence-electron chi connectivity index (χ4n) is 1.68. The lowest BCUT2D eigenvalue weighted by atomic mass is 10.0. The van der Waals surface area contributed by atoms with Crippen LogP contribution in [0.1, 0.15) is 18.9 Å². The molecule has 0 N–H and O–H groups in total. The number of fused-ring (bicyclic) bond motifs is 1. The van der Waals surface area contributed by atoms with Gasteiger partial charge in [0.25, 0.3) is 0 Å². The summed E-state index contributed by atoms with van der Waals surface area (Å²) in [6.45, 7) is 2.06. The van der Waals surface area contributed by atoms with E-state index in [1.807, 2.05) is 18.2 Å². The SMILES string of the molecule is CCC#Cc1cccc2cc(OC)ccc12. The van der Waals surface area contributed by atoms with E-state index in [9.17, 15) is 0 Å². The highest BCUT2D eigenvalue weighted by atomic mass is 16.5. The Bertz CT molecular complexity index is 558. The number of methoxy groups -OCH3 is 1. The molecule has 0 unspecified atom stereocenters. The van der Waals surface area contributed by atoms with Crippen LogP contribution in [0.3, 0.4) is 0 Å². The van der Waals surface area contributed by atoms with E-state index in [4.69, 9.17) is 4.74 Å². The molecule has 0 aliphatic carbocycles. The molecule has 0 fully saturated rings. The fourth-order valence-corrected chi connectivity index (χ4v) is 1.68. The Hall–Kier alpha value is -1.94. The normalized spacial score (nSPS) is 9.62. The van der Waals surface area contributed by atoms with E-state index in [0.717, 1.165) is 17.7 Å². The molecule has 0 amide bonds. The predicted molar refractivity (Wildman–Crippen MR) is 67.7 cm³/mol. The number of hydrogen-bond donors (Lipinski definition) is 0. The molecule has 1 heteroatoms. The lowest BCUT2D eigenvalue weighted by Gasteiger charge is -2.03. The highest BCUT2D eigenvalue weighted by Crippen LogP contribution is 2.23. The van der Waals surface area contributed by atoms with E-state index < -0.39 is 0 Å². The van der Waals surface area contributed by atoms with Gasteiger partial charge in [-0.05, 0) is 35.0 Å². The Balaban J connectivity index is 2.60. The van der Waals surface area contributed by atoms with Crippen molar-refractivity contribution in [2.75, 3.05) is 7.11 Å². The van der Waals surface area contributed by atoms with E-state index in [1.54, 1.807) is 7.11 Å². The van der Waals surface area contributed by atoms with Gasteiger partial charge in [0.1, 0.15) is 5.75 Å². The van der Waals surface area contributed by atoms with Gasteiger partial charge in [-0.1, -0.05) is 30.9 Å². The van der Waals surface area contributed by atoms with Crippen LogP contribution >= 0.6 is 0 Å². The van der Waals surface area contributed by atoms with Gasteiger partial charge in [0, 0.05) is 12.0 Å². The molecule has 0 aromatic heterocycles. The zero-order valence-corrected chi connectivity index (χ0v) is 9.58. The van der Waals surface area contributed by atoms with Gasteiger partial charge in [-0.3, -0.25) is 0 Å². The molecule has 0 aliphatic rings. The van der Waals surface area contributed by atoms with Crippen molar-refractivity contribution in [2.24, 2.45) is 0 Å². The summed E-state index contributed by atoms with van der Waals surface area (Å²) in [6.07, 6.45) is 0.881. The van der Waals surface area contributed by atoms with Crippen molar-refractivity contribution in [3.05, 3.63) is 42.0 Å². The van der Waals surface area contributed by atoms with Gasteiger partial charge in [-0.2, -0.15) is 0 Å². The molecule has 0 saturated heterocycles. The fraction of sp³-hybridized carbons (Fsp3) is 0.200. The minimum atomic E-state index is 0.881. The van der Waals surface area contributed by atoms with E-state index in [2.05, 4.69) is 37.0 Å². The van der Waals surface area contributed by atoms with E-state index in [1.165, 1.54) is 10.8 Å². The van der Waals surface area contributed by atoms with Crippen molar-refractivity contribution in [3.63, 3.8) is 0 Å². The molecule has 0 bridgehead atoms. The van der Waals surface area contributed by atoms with Gasteiger partial charge in [-0.15, -0.1) is 0 Å². The summed E-state index contributed by atoms with van der Waals surface area (Å²) in [5.74, 6) is 7.17. The Labute approximate surface area is 96.1 Å². The summed E-state index contributed by atoms with van der Waals surface area (Å²) in [6, 6.07) is 12.2. The van der Waals surface area contributed by atoms with Gasteiger partial charge in [0.15, 0.2) is 0 Å². The first-order valence-corrected chi connectivity index (χ1v) is 5.41. The summed E-state index contributed by atoms with van der Waals surface area (Å²) < 4.78 is 5.21. The van der Waals surface area contributed by atoms with Crippen molar-refractivity contribution >= 4 is 10.8 Å². The van der Waals surface area contributed by atoms with E-state index in [-0.39, 0.29) is 0 Å². The van der Waals surface area contributed by atoms with Crippen LogP contribution in [0.15, 0.2) is 36.4 Å². The third-order valence-electron chi connectivity index (χ3n) is 2.49. The van der Waals surface area contributed by atoms with Crippen molar-refractivity contribution in [1.29, 1.82) is 0 Å². The third kappa shape index (κ3) is 2.01. The van der Waals surface area contributed by atoms with Crippen LogP contribution < -0.4 is 4.74 Å². The van der Waals surface area contributed by atoms with Crippen LogP contribution in [0.2, 0.25) is 0 Å². The van der Waals surface area contributed by atoms with Gasteiger partial charge in [0.2, 0.25) is 0 Å². The average molecular weight is 210 g/mol. The molecule has 0 heterocycles. The number of rotatable bonds is 1. The predicted octanol–water partition coefficient (Wildman–Crippen LogP) is 3.61. The summed E-state index contributed by atoms with van der Waals surface area (Å²) in [5, 5.41) is 2.35. The van der Waals surface area contributed by atoms with Crippen LogP contribution in [-0.4, -0.2) is 7.11 Å². The molecular weight excluding hydrogens is 196 g/mol. The van der Waals surface area contributed by atoms with Crippen molar-refractivity contribution in [1.82, 2.24) is 0 Å². The summed E-state index contributed by atoms with van der Waals surface area (Å²) in [5.41, 5.74) is 1.09. The summed E-state index contributed by atoms with van der Waals surface area (Å²) in [4.78, 5) is 0. The van der Waals surface area contributed by atoms with Crippen LogP contribution in [-0.2, 0) is 0 Å². The maximum absolute atomic E-state index is 5.21. The average Bonchev–Trinajstić information content (AvgIpc) is 2.35. The molecule has 0 atom stereocenters. The first-order chi connectivity index (χ1) is 7.85. The second-order valence-corrected chi connectivity index (χ2v) is 3.55. The first-order valence-electron chi connectivity index (χ1n) is 5.41. The maximum Gasteiger partial charge on any atom is 0.119 e. The van der Waals surface area contributed by atoms with E-state index >= 15 is 0 Å². The first kappa shape index (κ1) is 10.6.